The van der Waals surface area contributed by atoms with E-state index in [9.17, 15) is 18.0 Å². The van der Waals surface area contributed by atoms with Gasteiger partial charge in [-0.05, 0) is 42.8 Å². The fourth-order valence-corrected chi connectivity index (χ4v) is 4.50. The van der Waals surface area contributed by atoms with Gasteiger partial charge in [0, 0.05) is 24.5 Å². The van der Waals surface area contributed by atoms with Gasteiger partial charge in [-0.25, -0.2) is 24.3 Å². The van der Waals surface area contributed by atoms with Crippen LogP contribution in [-0.2, 0) is 21.8 Å². The number of carbonyl (C=O) groups excluding carboxylic acids is 2. The maximum Gasteiger partial charge on any atom is 0.515 e. The Kier molecular flexibility index (Phi) is 6.61. The highest BCUT2D eigenvalue weighted by Crippen LogP contribution is 2.30. The van der Waals surface area contributed by atoms with Crippen molar-refractivity contribution in [3.8, 4) is 5.88 Å². The Morgan fingerprint density at radius 2 is 1.82 bits per heavy atom. The molecule has 0 bridgehead atoms. The second-order valence-electron chi connectivity index (χ2n) is 5.51. The van der Waals surface area contributed by atoms with Crippen molar-refractivity contribution < 1.29 is 27.5 Å². The van der Waals surface area contributed by atoms with Crippen LogP contribution in [0.15, 0.2) is 21.6 Å². The van der Waals surface area contributed by atoms with Crippen molar-refractivity contribution in [2.45, 2.75) is 25.8 Å². The van der Waals surface area contributed by atoms with Crippen LogP contribution in [0, 0.1) is 13.8 Å². The van der Waals surface area contributed by atoms with E-state index >= 15 is 0 Å². The van der Waals surface area contributed by atoms with Gasteiger partial charge in [0.05, 0.1) is 11.1 Å². The fraction of sp³-hybridized carbons (Fsp3) is 0.333. The molecule has 2 rings (SSSR count). The summed E-state index contributed by atoms with van der Waals surface area (Å²) in [5.74, 6) is -0.133. The lowest BCUT2D eigenvalue weighted by atomic mass is 10.4. The molecule has 0 atom stereocenters. The van der Waals surface area contributed by atoms with Gasteiger partial charge < -0.3 is 14.0 Å². The first-order valence-electron chi connectivity index (χ1n) is 7.89. The molecule has 28 heavy (non-hydrogen) atoms. The number of ether oxygens (including phenoxy) is 2. The quantitative estimate of drug-likeness (QED) is 0.626. The van der Waals surface area contributed by atoms with E-state index in [-0.39, 0.29) is 27.9 Å². The minimum absolute atomic E-state index is 0.0394. The van der Waals surface area contributed by atoms with Gasteiger partial charge in [0.25, 0.3) is 10.0 Å². The molecule has 0 fully saturated rings. The summed E-state index contributed by atoms with van der Waals surface area (Å²) in [5.41, 5.74) is 1.22. The second kappa shape index (κ2) is 8.56. The van der Waals surface area contributed by atoms with E-state index in [1.807, 2.05) is 4.72 Å². The Morgan fingerprint density at radius 1 is 1.21 bits per heavy atom. The fourth-order valence-electron chi connectivity index (χ4n) is 2.25. The van der Waals surface area contributed by atoms with Gasteiger partial charge in [-0.15, -0.1) is 0 Å². The topological polar surface area (TPSA) is 142 Å². The van der Waals surface area contributed by atoms with Crippen molar-refractivity contribution >= 4 is 44.1 Å². The highest BCUT2D eigenvalue weighted by Gasteiger charge is 2.28. The number of aromatic nitrogens is 3. The predicted octanol–water partition coefficient (Wildman–Crippen LogP) is 2.24. The first-order valence-corrected chi connectivity index (χ1v) is 10.2. The van der Waals surface area contributed by atoms with Crippen LogP contribution in [0.4, 0.5) is 15.5 Å². The SMILES string of the molecule is CCOC(=O)Oc1cc(Br)c(S(=O)(=O)NC(=O)Nc2nc(C)cc(C)n2)n1C. The van der Waals surface area contributed by atoms with Gasteiger partial charge in [0.15, 0.2) is 5.03 Å². The number of urea groups is 1. The summed E-state index contributed by atoms with van der Waals surface area (Å²) in [4.78, 5) is 31.6. The van der Waals surface area contributed by atoms with E-state index in [0.717, 1.165) is 4.57 Å². The predicted molar refractivity (Wildman–Crippen MR) is 102 cm³/mol. The van der Waals surface area contributed by atoms with Crippen molar-refractivity contribution in [3.05, 3.63) is 28.0 Å². The molecule has 0 spiro atoms. The van der Waals surface area contributed by atoms with Crippen molar-refractivity contribution in [3.63, 3.8) is 0 Å². The van der Waals surface area contributed by atoms with Gasteiger partial charge in [0.2, 0.25) is 11.8 Å². The zero-order valence-electron chi connectivity index (χ0n) is 15.4. The molecule has 0 aliphatic carbocycles. The van der Waals surface area contributed by atoms with E-state index in [4.69, 9.17) is 4.74 Å². The van der Waals surface area contributed by atoms with Gasteiger partial charge >= 0.3 is 12.2 Å². The number of aryl methyl sites for hydroxylation is 2. The number of amides is 2. The number of nitrogens with one attached hydrogen (secondary N) is 2. The molecule has 0 unspecified atom stereocenters. The van der Waals surface area contributed by atoms with Crippen LogP contribution < -0.4 is 14.8 Å². The molecule has 2 heterocycles. The Morgan fingerprint density at radius 3 is 2.39 bits per heavy atom. The monoisotopic (exact) mass is 475 g/mol. The van der Waals surface area contributed by atoms with Crippen LogP contribution in [0.1, 0.15) is 18.3 Å². The maximum absolute atomic E-state index is 12.6. The summed E-state index contributed by atoms with van der Waals surface area (Å²) in [7, 11) is -2.98. The molecule has 0 aromatic carbocycles. The average Bonchev–Trinajstić information content (AvgIpc) is 2.80. The number of anilines is 1. The van der Waals surface area contributed by atoms with E-state index in [0.29, 0.717) is 11.4 Å². The zero-order valence-corrected chi connectivity index (χ0v) is 17.8. The molecule has 2 amide bonds. The first kappa shape index (κ1) is 21.6. The lowest BCUT2D eigenvalue weighted by Gasteiger charge is -2.11. The van der Waals surface area contributed by atoms with Crippen molar-refractivity contribution in [1.82, 2.24) is 19.3 Å². The Balaban J connectivity index is 2.21. The van der Waals surface area contributed by atoms with Gasteiger partial charge in [-0.2, -0.15) is 8.42 Å². The Hall–Kier alpha value is -2.67. The molecule has 152 valence electrons. The summed E-state index contributed by atoms with van der Waals surface area (Å²) >= 11 is 3.08. The number of rotatable bonds is 5. The van der Waals surface area contributed by atoms with Gasteiger partial charge in [-0.1, -0.05) is 0 Å². The number of nitrogens with zero attached hydrogens (tertiary/aromatic N) is 3. The Bertz CT molecular complexity index is 1000. The lowest BCUT2D eigenvalue weighted by molar-refractivity contribution is 0.101. The van der Waals surface area contributed by atoms with E-state index in [1.54, 1.807) is 26.8 Å². The molecule has 0 aliphatic heterocycles. The number of hydrogen-bond donors (Lipinski definition) is 2. The summed E-state index contributed by atoms with van der Waals surface area (Å²) < 4.78 is 37.8. The normalized spacial score (nSPS) is 11.0. The molecule has 2 aromatic heterocycles. The number of carbonyl (C=O) groups is 2. The van der Waals surface area contributed by atoms with Crippen LogP contribution in [0.3, 0.4) is 0 Å². The second-order valence-corrected chi connectivity index (χ2v) is 7.97. The molecule has 0 radical (unpaired) electrons. The number of hydrogen-bond acceptors (Lipinski definition) is 8. The van der Waals surface area contributed by atoms with Crippen LogP contribution >= 0.6 is 15.9 Å². The highest BCUT2D eigenvalue weighted by molar-refractivity contribution is 9.10. The molecule has 0 saturated heterocycles. The van der Waals surface area contributed by atoms with Crippen molar-refractivity contribution in [2.75, 3.05) is 11.9 Å². The Labute approximate surface area is 169 Å². The zero-order chi connectivity index (χ0) is 21.1. The molecule has 13 heteroatoms. The molecule has 2 aromatic rings. The van der Waals surface area contributed by atoms with Crippen LogP contribution in [0.25, 0.3) is 0 Å². The summed E-state index contributed by atoms with van der Waals surface area (Å²) in [6.07, 6.45) is -0.989. The molecular formula is C15H18BrN5O6S. The third-order valence-electron chi connectivity index (χ3n) is 3.23. The third-order valence-corrected chi connectivity index (χ3v) is 5.55. The van der Waals surface area contributed by atoms with E-state index < -0.39 is 22.2 Å². The molecule has 0 saturated carbocycles. The average molecular weight is 476 g/mol. The largest absolute Gasteiger partial charge is 0.515 e. The molecular weight excluding hydrogens is 458 g/mol. The minimum atomic E-state index is -4.32. The standard InChI is InChI=1S/C15H18BrN5O6S/c1-5-26-15(23)27-11-7-10(16)12(21(11)4)28(24,25)20-14(22)19-13-17-8(2)6-9(3)18-13/h6-7H,5H2,1-4H3,(H2,17,18,19,20,22). The first-order chi connectivity index (χ1) is 13.0. The molecule has 11 nitrogen and oxygen atoms in total. The van der Waals surface area contributed by atoms with Crippen molar-refractivity contribution in [2.24, 2.45) is 7.05 Å². The number of sulfonamides is 1. The van der Waals surface area contributed by atoms with E-state index in [2.05, 4.69) is 36.0 Å². The maximum atomic E-state index is 12.6. The van der Waals surface area contributed by atoms with Crippen LogP contribution in [-0.4, -0.2) is 41.7 Å². The smallest absolute Gasteiger partial charge is 0.434 e. The van der Waals surface area contributed by atoms with Crippen LogP contribution in [0.5, 0.6) is 5.88 Å². The lowest BCUT2D eigenvalue weighted by Crippen LogP contribution is -2.36. The van der Waals surface area contributed by atoms with Gasteiger partial charge in [0.1, 0.15) is 0 Å². The summed E-state index contributed by atoms with van der Waals surface area (Å²) in [6.45, 7) is 5.11. The van der Waals surface area contributed by atoms with Crippen molar-refractivity contribution in [1.29, 1.82) is 0 Å². The summed E-state index contributed by atoms with van der Waals surface area (Å²) in [5, 5.41) is 1.93. The van der Waals surface area contributed by atoms with E-state index in [1.165, 1.54) is 13.1 Å². The van der Waals surface area contributed by atoms with Gasteiger partial charge in [-0.3, -0.25) is 5.32 Å². The molecule has 0 aliphatic rings. The molecule has 2 N–H and O–H groups in total. The van der Waals surface area contributed by atoms with Crippen LogP contribution in [0.2, 0.25) is 0 Å². The number of halogens is 1. The third kappa shape index (κ3) is 5.19. The highest BCUT2D eigenvalue weighted by atomic mass is 79.9. The minimum Gasteiger partial charge on any atom is -0.434 e. The summed E-state index contributed by atoms with van der Waals surface area (Å²) in [6, 6.07) is 1.91.